The standard InChI is InChI=1S/C17H17F4N5O2/c1-15(2)13(24-25(3)14(15)27)17(20,21)16(28,7-26-9-22-8-23-26)11-5-4-10(18)6-12(11)19/h4-6,8-9,28H,7H2,1-3H3. The van der Waals surface area contributed by atoms with Gasteiger partial charge in [-0.3, -0.25) is 4.79 Å². The molecule has 0 fully saturated rings. The van der Waals surface area contributed by atoms with Crippen LogP contribution in [0.15, 0.2) is 36.0 Å². The summed E-state index contributed by atoms with van der Waals surface area (Å²) in [4.78, 5) is 15.8. The molecule has 3 rings (SSSR count). The van der Waals surface area contributed by atoms with Crippen LogP contribution in [0.1, 0.15) is 19.4 Å². The van der Waals surface area contributed by atoms with Crippen LogP contribution in [0.3, 0.4) is 0 Å². The summed E-state index contributed by atoms with van der Waals surface area (Å²) in [5, 5.41) is 19.1. The molecule has 1 amide bonds. The van der Waals surface area contributed by atoms with Crippen molar-refractivity contribution in [2.45, 2.75) is 31.9 Å². The second-order valence-electron chi connectivity index (χ2n) is 7.05. The SMILES string of the molecule is CN1N=C(C(F)(F)C(O)(Cn2cncn2)c2ccc(F)cc2F)C(C)(C)C1=O. The second kappa shape index (κ2) is 6.36. The highest BCUT2D eigenvalue weighted by Crippen LogP contribution is 2.47. The van der Waals surface area contributed by atoms with Gasteiger partial charge in [-0.2, -0.15) is 19.0 Å². The zero-order chi connectivity index (χ0) is 20.9. The molecular weight excluding hydrogens is 382 g/mol. The minimum atomic E-state index is -4.22. The minimum Gasteiger partial charge on any atom is -0.377 e. The van der Waals surface area contributed by atoms with Crippen LogP contribution in [0.4, 0.5) is 17.6 Å². The van der Waals surface area contributed by atoms with E-state index in [-0.39, 0.29) is 0 Å². The molecule has 2 aromatic rings. The maximum absolute atomic E-state index is 15.7. The van der Waals surface area contributed by atoms with Crippen molar-refractivity contribution in [3.05, 3.63) is 48.1 Å². The summed E-state index contributed by atoms with van der Waals surface area (Å²) in [6, 6.07) is 1.86. The fourth-order valence-electron chi connectivity index (χ4n) is 3.20. The quantitative estimate of drug-likeness (QED) is 0.779. The maximum Gasteiger partial charge on any atom is 0.322 e. The summed E-state index contributed by atoms with van der Waals surface area (Å²) >= 11 is 0. The van der Waals surface area contributed by atoms with E-state index >= 15 is 8.78 Å². The van der Waals surface area contributed by atoms with Crippen molar-refractivity contribution in [3.8, 4) is 0 Å². The van der Waals surface area contributed by atoms with Crippen molar-refractivity contribution in [2.24, 2.45) is 10.5 Å². The molecular formula is C17H17F4N5O2. The first-order valence-corrected chi connectivity index (χ1v) is 8.17. The number of alkyl halides is 2. The van der Waals surface area contributed by atoms with E-state index in [9.17, 15) is 18.7 Å². The van der Waals surface area contributed by atoms with E-state index in [0.717, 1.165) is 34.5 Å². The average Bonchev–Trinajstić information content (AvgIpc) is 3.17. The molecule has 0 bridgehead atoms. The lowest BCUT2D eigenvalue weighted by atomic mass is 9.75. The molecule has 1 aromatic carbocycles. The van der Waals surface area contributed by atoms with E-state index in [0.29, 0.717) is 6.07 Å². The number of benzene rings is 1. The first-order valence-electron chi connectivity index (χ1n) is 8.17. The number of nitrogens with zero attached hydrogens (tertiary/aromatic N) is 5. The van der Waals surface area contributed by atoms with Crippen molar-refractivity contribution >= 4 is 11.6 Å². The Hall–Kier alpha value is -2.82. The van der Waals surface area contributed by atoms with Crippen molar-refractivity contribution in [1.29, 1.82) is 0 Å². The molecule has 7 nitrogen and oxygen atoms in total. The molecule has 1 atom stereocenters. The summed E-state index contributed by atoms with van der Waals surface area (Å²) in [6.45, 7) is 1.53. The smallest absolute Gasteiger partial charge is 0.322 e. The summed E-state index contributed by atoms with van der Waals surface area (Å²) in [6.07, 6.45) is 2.11. The van der Waals surface area contributed by atoms with E-state index < -0.39 is 52.3 Å². The van der Waals surface area contributed by atoms with Crippen LogP contribution >= 0.6 is 0 Å². The van der Waals surface area contributed by atoms with Gasteiger partial charge in [-0.15, -0.1) is 0 Å². The predicted molar refractivity (Wildman–Crippen MR) is 89.2 cm³/mol. The Bertz CT molecular complexity index is 945. The lowest BCUT2D eigenvalue weighted by Gasteiger charge is -2.38. The molecule has 1 aliphatic rings. The summed E-state index contributed by atoms with van der Waals surface area (Å²) < 4.78 is 60.0. The van der Waals surface area contributed by atoms with Gasteiger partial charge in [0.25, 0.3) is 5.91 Å². The summed E-state index contributed by atoms with van der Waals surface area (Å²) in [5.74, 6) is -7.31. The van der Waals surface area contributed by atoms with Crippen LogP contribution in [0, 0.1) is 17.0 Å². The number of carbonyl (C=O) groups excluding carboxylic acids is 1. The first kappa shape index (κ1) is 19.9. The monoisotopic (exact) mass is 399 g/mol. The van der Waals surface area contributed by atoms with Crippen molar-refractivity contribution < 1.29 is 27.5 Å². The Morgan fingerprint density at radius 3 is 2.43 bits per heavy atom. The number of hydrazone groups is 1. The van der Waals surface area contributed by atoms with Crippen LogP contribution in [0.5, 0.6) is 0 Å². The van der Waals surface area contributed by atoms with E-state index in [2.05, 4.69) is 15.2 Å². The van der Waals surface area contributed by atoms with Gasteiger partial charge >= 0.3 is 5.92 Å². The van der Waals surface area contributed by atoms with E-state index in [1.54, 1.807) is 0 Å². The molecule has 1 unspecified atom stereocenters. The Morgan fingerprint density at radius 1 is 1.25 bits per heavy atom. The van der Waals surface area contributed by atoms with Crippen molar-refractivity contribution in [1.82, 2.24) is 19.8 Å². The molecule has 1 aliphatic heterocycles. The van der Waals surface area contributed by atoms with Gasteiger partial charge in [0.2, 0.25) is 0 Å². The van der Waals surface area contributed by atoms with Gasteiger partial charge in [-0.1, -0.05) is 0 Å². The number of rotatable bonds is 5. The van der Waals surface area contributed by atoms with Gasteiger partial charge in [-0.05, 0) is 26.0 Å². The number of aliphatic hydroxyl groups is 1. The third-order valence-corrected chi connectivity index (χ3v) is 4.72. The summed E-state index contributed by atoms with van der Waals surface area (Å²) in [7, 11) is 1.20. The highest BCUT2D eigenvalue weighted by molar-refractivity contribution is 6.14. The average molecular weight is 399 g/mol. The Kier molecular flexibility index (Phi) is 4.53. The number of aromatic nitrogens is 3. The molecule has 1 aromatic heterocycles. The van der Waals surface area contributed by atoms with Crippen LogP contribution in [-0.2, 0) is 16.9 Å². The molecule has 1 N–H and O–H groups in total. The number of hydrogen-bond acceptors (Lipinski definition) is 5. The zero-order valence-corrected chi connectivity index (χ0v) is 15.2. The van der Waals surface area contributed by atoms with Crippen LogP contribution < -0.4 is 0 Å². The number of halogens is 4. The molecule has 0 spiro atoms. The van der Waals surface area contributed by atoms with Gasteiger partial charge in [0.15, 0.2) is 5.60 Å². The normalized spacial score (nSPS) is 18.9. The van der Waals surface area contributed by atoms with E-state index in [1.807, 2.05) is 0 Å². The fourth-order valence-corrected chi connectivity index (χ4v) is 3.20. The predicted octanol–water partition coefficient (Wildman–Crippen LogP) is 1.93. The second-order valence-corrected chi connectivity index (χ2v) is 7.05. The zero-order valence-electron chi connectivity index (χ0n) is 15.2. The van der Waals surface area contributed by atoms with Crippen molar-refractivity contribution in [3.63, 3.8) is 0 Å². The lowest BCUT2D eigenvalue weighted by Crippen LogP contribution is -2.57. The molecule has 0 saturated heterocycles. The lowest BCUT2D eigenvalue weighted by molar-refractivity contribution is -0.158. The third kappa shape index (κ3) is 2.86. The third-order valence-electron chi connectivity index (χ3n) is 4.72. The summed E-state index contributed by atoms with van der Waals surface area (Å²) in [5.41, 5.74) is -6.81. The molecule has 150 valence electrons. The topological polar surface area (TPSA) is 83.6 Å². The number of hydrogen-bond donors (Lipinski definition) is 1. The molecule has 2 heterocycles. The number of amides is 1. The van der Waals surface area contributed by atoms with Crippen molar-refractivity contribution in [2.75, 3.05) is 7.05 Å². The van der Waals surface area contributed by atoms with Gasteiger partial charge in [-0.25, -0.2) is 23.5 Å². The highest BCUT2D eigenvalue weighted by Gasteiger charge is 2.65. The van der Waals surface area contributed by atoms with Gasteiger partial charge in [0.05, 0.1) is 12.0 Å². The van der Waals surface area contributed by atoms with Crippen LogP contribution in [-0.4, -0.2) is 49.5 Å². The largest absolute Gasteiger partial charge is 0.377 e. The fraction of sp³-hybridized carbons (Fsp3) is 0.412. The Labute approximate surface area is 157 Å². The van der Waals surface area contributed by atoms with Gasteiger partial charge < -0.3 is 5.11 Å². The van der Waals surface area contributed by atoms with E-state index in [1.165, 1.54) is 20.9 Å². The highest BCUT2D eigenvalue weighted by atomic mass is 19.3. The molecule has 0 saturated carbocycles. The van der Waals surface area contributed by atoms with Gasteiger partial charge in [0, 0.05) is 18.7 Å². The molecule has 28 heavy (non-hydrogen) atoms. The van der Waals surface area contributed by atoms with Crippen LogP contribution in [0.2, 0.25) is 0 Å². The number of carbonyl (C=O) groups is 1. The first-order chi connectivity index (χ1) is 12.9. The molecule has 0 radical (unpaired) electrons. The minimum absolute atomic E-state index is 0.386. The Morgan fingerprint density at radius 2 is 1.93 bits per heavy atom. The van der Waals surface area contributed by atoms with Gasteiger partial charge in [0.1, 0.15) is 30.0 Å². The van der Waals surface area contributed by atoms with Crippen LogP contribution in [0.25, 0.3) is 0 Å². The Balaban J connectivity index is 2.21. The molecule has 11 heteroatoms. The van der Waals surface area contributed by atoms with E-state index in [4.69, 9.17) is 0 Å². The molecule has 0 aliphatic carbocycles. The maximum atomic E-state index is 15.7.